The summed E-state index contributed by atoms with van der Waals surface area (Å²) in [5.74, 6) is 0.207. The van der Waals surface area contributed by atoms with Gasteiger partial charge in [0.25, 0.3) is 0 Å². The second-order valence-corrected chi connectivity index (χ2v) is 12.1. The molecule has 12 nitrogen and oxygen atoms in total. The summed E-state index contributed by atoms with van der Waals surface area (Å²) in [6, 6.07) is 19.3. The number of aliphatic hydroxyl groups excluding tert-OH is 3. The molecule has 3 saturated carbocycles. The van der Waals surface area contributed by atoms with E-state index in [0.717, 1.165) is 70.0 Å². The van der Waals surface area contributed by atoms with E-state index in [-0.39, 0.29) is 96.2 Å². The summed E-state index contributed by atoms with van der Waals surface area (Å²) in [6.45, 7) is 2.54. The number of nitrogens with one attached hydrogen (secondary N) is 2. The normalized spacial score (nSPS) is 22.4. The summed E-state index contributed by atoms with van der Waals surface area (Å²) in [5, 5.41) is 30.6. The minimum Gasteiger partial charge on any atom is -1.00 e. The van der Waals surface area contributed by atoms with Gasteiger partial charge in [-0.2, -0.15) is 0 Å². The topological polar surface area (TPSA) is 190 Å². The molecule has 1 saturated heterocycles. The number of nitrogens with two attached hydrogens (primary N) is 1. The van der Waals surface area contributed by atoms with Crippen LogP contribution in [0.2, 0.25) is 0 Å². The first-order valence-electron chi connectivity index (χ1n) is 16.9. The molecule has 281 valence electrons. The SMILES string of the molecule is C.C1CCOC1.CO.NC1CCC(O)C1.O=C(NC1CCC(O)C1)OCc1ccccc1.O=C1CCC(NC(=O)OCc2ccccc2)C1.[B].[H-].[Na+]. The zero-order valence-electron chi connectivity index (χ0n) is 30.7. The number of benzene rings is 2. The van der Waals surface area contributed by atoms with Gasteiger partial charge in [0.1, 0.15) is 19.0 Å². The van der Waals surface area contributed by atoms with Crippen molar-refractivity contribution in [3.63, 3.8) is 0 Å². The molecule has 7 N–H and O–H groups in total. The molecule has 2 aromatic carbocycles. The number of amides is 2. The Hall–Kier alpha value is -2.49. The van der Waals surface area contributed by atoms with Gasteiger partial charge in [0, 0.05) is 59.7 Å². The largest absolute Gasteiger partial charge is 1.00 e. The molecule has 51 heavy (non-hydrogen) atoms. The Morgan fingerprint density at radius 2 is 1.25 bits per heavy atom. The van der Waals surface area contributed by atoms with Crippen molar-refractivity contribution in [2.75, 3.05) is 20.3 Å². The summed E-state index contributed by atoms with van der Waals surface area (Å²) in [4.78, 5) is 33.9. The van der Waals surface area contributed by atoms with Gasteiger partial charge in [-0.25, -0.2) is 9.59 Å². The van der Waals surface area contributed by atoms with Gasteiger partial charge in [0.2, 0.25) is 0 Å². The van der Waals surface area contributed by atoms with Crippen LogP contribution in [0.1, 0.15) is 90.6 Å². The fraction of sp³-hybridized carbons (Fsp3) is 0.595. The first-order chi connectivity index (χ1) is 23.3. The third-order valence-electron chi connectivity index (χ3n) is 7.99. The number of rotatable bonds is 6. The molecule has 5 unspecified atom stereocenters. The van der Waals surface area contributed by atoms with E-state index in [2.05, 4.69) is 10.6 Å². The van der Waals surface area contributed by atoms with E-state index in [9.17, 15) is 19.5 Å². The van der Waals surface area contributed by atoms with Crippen molar-refractivity contribution in [3.8, 4) is 0 Å². The van der Waals surface area contributed by atoms with E-state index in [1.54, 1.807) is 0 Å². The number of carbonyl (C=O) groups is 3. The first kappa shape index (κ1) is 50.6. The Morgan fingerprint density at radius 1 is 0.784 bits per heavy atom. The molecule has 2 aromatic rings. The molecule has 0 bridgehead atoms. The number of carbonyl (C=O) groups excluding carboxylic acids is 3. The number of hydrogen-bond acceptors (Lipinski definition) is 10. The number of ether oxygens (including phenoxy) is 3. The van der Waals surface area contributed by atoms with Crippen molar-refractivity contribution >= 4 is 26.4 Å². The number of aliphatic hydroxyl groups is 3. The Balaban J connectivity index is -0.000000642. The molecule has 0 aromatic heterocycles. The Bertz CT molecular complexity index is 1160. The monoisotopic (exact) mass is 724 g/mol. The molecule has 1 aliphatic heterocycles. The van der Waals surface area contributed by atoms with E-state index in [0.29, 0.717) is 19.3 Å². The zero-order chi connectivity index (χ0) is 35.0. The van der Waals surface area contributed by atoms with E-state index in [1.807, 2.05) is 60.7 Å². The van der Waals surface area contributed by atoms with Crippen molar-refractivity contribution in [3.05, 3.63) is 71.8 Å². The Morgan fingerprint density at radius 3 is 1.59 bits per heavy atom. The van der Waals surface area contributed by atoms with Crippen molar-refractivity contribution < 1.29 is 74.9 Å². The summed E-state index contributed by atoms with van der Waals surface area (Å²) in [6.07, 6.45) is 7.93. The molecule has 5 atom stereocenters. The molecular weight excluding hydrogens is 664 g/mol. The van der Waals surface area contributed by atoms with E-state index >= 15 is 0 Å². The van der Waals surface area contributed by atoms with Crippen molar-refractivity contribution in [1.29, 1.82) is 0 Å². The molecule has 1 heterocycles. The molecular formula is C37H60BN3NaO9. The predicted octanol–water partition coefficient (Wildman–Crippen LogP) is 1.50. The van der Waals surface area contributed by atoms with Crippen LogP contribution in [0.4, 0.5) is 9.59 Å². The standard InChI is InChI=1S/C13H17NO3.C13H15NO3.C5H11NO.C4H8O.CH4O.CH4.B.Na.H/c2*15-12-7-6-11(8-12)14-13(16)17-9-10-4-2-1-3-5-10;6-4-1-2-5(7)3-4;1-2-4-5-3-1;1-2;;;;/h1-5,11-12,15H,6-9H2,(H,14,16);1-5,11H,6-9H2,(H,14,16);4-5,7H,1-3,6H2;1-4H2;2H,1H3;1H4;;;/q;;;;;;;+1;-1. The molecule has 6 rings (SSSR count). The molecule has 4 fully saturated rings. The van der Waals surface area contributed by atoms with Gasteiger partial charge < -0.3 is 47.3 Å². The summed E-state index contributed by atoms with van der Waals surface area (Å²) >= 11 is 0. The van der Waals surface area contributed by atoms with Crippen LogP contribution in [0.5, 0.6) is 0 Å². The minimum absolute atomic E-state index is 0. The fourth-order valence-electron chi connectivity index (χ4n) is 5.39. The van der Waals surface area contributed by atoms with Gasteiger partial charge in [0.05, 0.1) is 12.2 Å². The first-order valence-corrected chi connectivity index (χ1v) is 16.9. The average molecular weight is 725 g/mol. The number of Topliss-reactive ketones (excluding diaryl/α,β-unsaturated/α-hetero) is 1. The van der Waals surface area contributed by atoms with Crippen molar-refractivity contribution in [2.24, 2.45) is 5.73 Å². The molecule has 14 heteroatoms. The van der Waals surface area contributed by atoms with Gasteiger partial charge in [-0.15, -0.1) is 0 Å². The van der Waals surface area contributed by atoms with Crippen LogP contribution in [0.25, 0.3) is 0 Å². The third-order valence-corrected chi connectivity index (χ3v) is 7.99. The second-order valence-electron chi connectivity index (χ2n) is 12.1. The maximum atomic E-state index is 11.5. The fourth-order valence-corrected chi connectivity index (χ4v) is 5.39. The van der Waals surface area contributed by atoms with Gasteiger partial charge in [0.15, 0.2) is 0 Å². The molecule has 0 spiro atoms. The predicted molar refractivity (Wildman–Crippen MR) is 195 cm³/mol. The third kappa shape index (κ3) is 24.4. The summed E-state index contributed by atoms with van der Waals surface area (Å²) in [7, 11) is 1.00. The molecule has 4 aliphatic rings. The second kappa shape index (κ2) is 31.1. The number of hydrogen-bond donors (Lipinski definition) is 6. The number of alkyl carbamates (subject to hydrolysis) is 2. The van der Waals surface area contributed by atoms with Crippen LogP contribution in [0.15, 0.2) is 60.7 Å². The maximum absolute atomic E-state index is 11.5. The van der Waals surface area contributed by atoms with Crippen LogP contribution in [0, 0.1) is 0 Å². The average Bonchev–Trinajstić information content (AvgIpc) is 3.94. The quantitative estimate of drug-likeness (QED) is 0.238. The number of ketones is 1. The van der Waals surface area contributed by atoms with E-state index < -0.39 is 12.2 Å². The summed E-state index contributed by atoms with van der Waals surface area (Å²) in [5.41, 5.74) is 7.38. The zero-order valence-corrected chi connectivity index (χ0v) is 31.7. The van der Waals surface area contributed by atoms with Gasteiger partial charge in [-0.05, 0) is 68.9 Å². The molecule has 3 radical (unpaired) electrons. The van der Waals surface area contributed by atoms with Crippen LogP contribution >= 0.6 is 0 Å². The van der Waals surface area contributed by atoms with Crippen LogP contribution in [-0.4, -0.2) is 92.4 Å². The van der Waals surface area contributed by atoms with Crippen molar-refractivity contribution in [2.45, 2.75) is 122 Å². The van der Waals surface area contributed by atoms with E-state index in [4.69, 9.17) is 30.2 Å². The molecule has 3 aliphatic carbocycles. The van der Waals surface area contributed by atoms with E-state index in [1.165, 1.54) is 12.8 Å². The van der Waals surface area contributed by atoms with Gasteiger partial charge in [-0.3, -0.25) is 4.79 Å². The van der Waals surface area contributed by atoms with Gasteiger partial charge >= 0.3 is 41.7 Å². The van der Waals surface area contributed by atoms with Crippen molar-refractivity contribution in [1.82, 2.24) is 10.6 Å². The van der Waals surface area contributed by atoms with Crippen LogP contribution < -0.4 is 45.9 Å². The Labute approximate surface area is 329 Å². The summed E-state index contributed by atoms with van der Waals surface area (Å²) < 4.78 is 15.1. The van der Waals surface area contributed by atoms with Gasteiger partial charge in [-0.1, -0.05) is 68.1 Å². The van der Waals surface area contributed by atoms with Crippen LogP contribution in [0.3, 0.4) is 0 Å². The Kier molecular flexibility index (Phi) is 30.8. The molecule has 2 amide bonds. The smallest absolute Gasteiger partial charge is 1.00 e. The minimum atomic E-state index is -0.450. The van der Waals surface area contributed by atoms with Crippen LogP contribution in [-0.2, 0) is 32.2 Å². The maximum Gasteiger partial charge on any atom is 1.00 e.